The number of carbonyl (C=O) groups excluding carboxylic acids is 1. The van der Waals surface area contributed by atoms with Crippen LogP contribution in [0.5, 0.6) is 11.5 Å². The highest BCUT2D eigenvalue weighted by Crippen LogP contribution is 2.37. The molecule has 0 saturated carbocycles. The van der Waals surface area contributed by atoms with E-state index in [0.29, 0.717) is 23.8 Å². The summed E-state index contributed by atoms with van der Waals surface area (Å²) in [6.07, 6.45) is 3.54. The molecule has 31 heavy (non-hydrogen) atoms. The summed E-state index contributed by atoms with van der Waals surface area (Å²) in [5.74, 6) is 1.27. The zero-order valence-electron chi connectivity index (χ0n) is 19.3. The molecule has 2 fully saturated rings. The number of aromatic hydroxyl groups is 1. The standard InChI is InChI=1S/C23H36N4O4/c1-6-24-21(25-14-15-8-7-9-19(30-5)20(15)28)26-16-12-17-10-11-18(13-16)27(17)22(29)31-23(2,3)4/h7-9,16-18,28H,6,10-14H2,1-5H3,(H2,24,25,26). The van der Waals surface area contributed by atoms with Gasteiger partial charge in [-0.15, -0.1) is 0 Å². The van der Waals surface area contributed by atoms with Crippen LogP contribution >= 0.6 is 0 Å². The number of rotatable bonds is 5. The Morgan fingerprint density at radius 1 is 1.26 bits per heavy atom. The number of hydrogen-bond acceptors (Lipinski definition) is 5. The Morgan fingerprint density at radius 3 is 2.52 bits per heavy atom. The number of ether oxygens (including phenoxy) is 2. The van der Waals surface area contributed by atoms with Crippen molar-refractivity contribution in [3.8, 4) is 11.5 Å². The highest BCUT2D eigenvalue weighted by molar-refractivity contribution is 5.80. The largest absolute Gasteiger partial charge is 0.504 e. The van der Waals surface area contributed by atoms with E-state index in [9.17, 15) is 9.90 Å². The van der Waals surface area contributed by atoms with Crippen LogP contribution in [0.3, 0.4) is 0 Å². The number of phenols is 1. The average Bonchev–Trinajstić information content (AvgIpc) is 2.97. The number of para-hydroxylation sites is 1. The van der Waals surface area contributed by atoms with Crippen LogP contribution in [0.2, 0.25) is 0 Å². The van der Waals surface area contributed by atoms with Crippen molar-refractivity contribution in [3.05, 3.63) is 23.8 Å². The molecule has 172 valence electrons. The molecule has 1 amide bonds. The number of benzene rings is 1. The summed E-state index contributed by atoms with van der Waals surface area (Å²) in [5, 5.41) is 17.1. The van der Waals surface area contributed by atoms with E-state index >= 15 is 0 Å². The van der Waals surface area contributed by atoms with Gasteiger partial charge in [-0.2, -0.15) is 0 Å². The molecule has 2 saturated heterocycles. The van der Waals surface area contributed by atoms with E-state index in [-0.39, 0.29) is 30.0 Å². The van der Waals surface area contributed by atoms with Crippen molar-refractivity contribution in [2.24, 2.45) is 4.99 Å². The molecule has 0 spiro atoms. The molecule has 1 aromatic rings. The Kier molecular flexibility index (Phi) is 7.18. The van der Waals surface area contributed by atoms with Crippen molar-refractivity contribution >= 4 is 12.1 Å². The van der Waals surface area contributed by atoms with E-state index in [2.05, 4.69) is 15.6 Å². The topological polar surface area (TPSA) is 95.4 Å². The van der Waals surface area contributed by atoms with Crippen LogP contribution in [0.4, 0.5) is 4.79 Å². The van der Waals surface area contributed by atoms with Crippen molar-refractivity contribution in [1.82, 2.24) is 15.5 Å². The monoisotopic (exact) mass is 432 g/mol. The lowest BCUT2D eigenvalue weighted by Crippen LogP contribution is -2.55. The first kappa shape index (κ1) is 23.0. The zero-order valence-corrected chi connectivity index (χ0v) is 19.3. The third-order valence-corrected chi connectivity index (χ3v) is 5.73. The third kappa shape index (κ3) is 5.74. The van der Waals surface area contributed by atoms with Crippen molar-refractivity contribution in [1.29, 1.82) is 0 Å². The van der Waals surface area contributed by atoms with Crippen LogP contribution in [0.15, 0.2) is 23.2 Å². The lowest BCUT2D eigenvalue weighted by Gasteiger charge is -2.40. The number of amides is 1. The second kappa shape index (κ2) is 9.66. The van der Waals surface area contributed by atoms with Crippen LogP contribution in [0, 0.1) is 0 Å². The predicted octanol–water partition coefficient (Wildman–Crippen LogP) is 3.39. The van der Waals surface area contributed by atoms with E-state index < -0.39 is 5.60 Å². The molecule has 8 nitrogen and oxygen atoms in total. The fraction of sp³-hybridized carbons (Fsp3) is 0.652. The quantitative estimate of drug-likeness (QED) is 0.488. The fourth-order valence-corrected chi connectivity index (χ4v) is 4.45. The Hall–Kier alpha value is -2.64. The molecular formula is C23H36N4O4. The Balaban J connectivity index is 1.64. The van der Waals surface area contributed by atoms with Crippen LogP contribution in [-0.4, -0.2) is 59.4 Å². The number of piperidine rings is 1. The maximum Gasteiger partial charge on any atom is 0.410 e. The summed E-state index contributed by atoms with van der Waals surface area (Å²) in [5.41, 5.74) is 0.221. The molecule has 3 N–H and O–H groups in total. The molecule has 0 radical (unpaired) electrons. The minimum Gasteiger partial charge on any atom is -0.504 e. The van der Waals surface area contributed by atoms with Crippen LogP contribution < -0.4 is 15.4 Å². The molecule has 2 aliphatic heterocycles. The van der Waals surface area contributed by atoms with Gasteiger partial charge in [-0.25, -0.2) is 9.79 Å². The zero-order chi connectivity index (χ0) is 22.6. The van der Waals surface area contributed by atoms with Gasteiger partial charge in [0.05, 0.1) is 13.7 Å². The van der Waals surface area contributed by atoms with E-state index in [0.717, 1.165) is 32.2 Å². The van der Waals surface area contributed by atoms with Gasteiger partial charge >= 0.3 is 6.09 Å². The average molecular weight is 433 g/mol. The normalized spacial score (nSPS) is 23.5. The molecule has 8 heteroatoms. The molecule has 2 heterocycles. The fourth-order valence-electron chi connectivity index (χ4n) is 4.45. The number of carbonyl (C=O) groups is 1. The molecule has 3 rings (SSSR count). The van der Waals surface area contributed by atoms with Crippen molar-refractivity contribution in [3.63, 3.8) is 0 Å². The number of phenolic OH excluding ortho intramolecular Hbond substituents is 1. The number of guanidine groups is 1. The first-order valence-corrected chi connectivity index (χ1v) is 11.1. The Labute approximate surface area is 185 Å². The first-order valence-electron chi connectivity index (χ1n) is 11.1. The van der Waals surface area contributed by atoms with Gasteiger partial charge in [0.1, 0.15) is 5.60 Å². The summed E-state index contributed by atoms with van der Waals surface area (Å²) in [6, 6.07) is 6.01. The van der Waals surface area contributed by atoms with Crippen molar-refractivity contribution in [2.75, 3.05) is 13.7 Å². The molecule has 0 aromatic heterocycles. The third-order valence-electron chi connectivity index (χ3n) is 5.73. The van der Waals surface area contributed by atoms with Crippen molar-refractivity contribution < 1.29 is 19.4 Å². The predicted molar refractivity (Wildman–Crippen MR) is 121 cm³/mol. The van der Waals surface area contributed by atoms with Gasteiger partial charge in [0, 0.05) is 30.2 Å². The molecule has 0 aliphatic carbocycles. The summed E-state index contributed by atoms with van der Waals surface area (Å²) in [4.78, 5) is 19.3. The highest BCUT2D eigenvalue weighted by atomic mass is 16.6. The van der Waals surface area contributed by atoms with Gasteiger partial charge in [0.25, 0.3) is 0 Å². The maximum absolute atomic E-state index is 12.7. The molecule has 2 atom stereocenters. The van der Waals surface area contributed by atoms with E-state index in [4.69, 9.17) is 9.47 Å². The lowest BCUT2D eigenvalue weighted by atomic mass is 9.98. The molecular weight excluding hydrogens is 396 g/mol. The Morgan fingerprint density at radius 2 is 1.94 bits per heavy atom. The smallest absolute Gasteiger partial charge is 0.410 e. The maximum atomic E-state index is 12.7. The van der Waals surface area contributed by atoms with Gasteiger partial charge in [-0.05, 0) is 59.4 Å². The molecule has 2 unspecified atom stereocenters. The van der Waals surface area contributed by atoms with Crippen molar-refractivity contribution in [2.45, 2.75) is 83.6 Å². The minimum absolute atomic E-state index is 0.119. The van der Waals surface area contributed by atoms with Gasteiger partial charge < -0.3 is 30.1 Å². The highest BCUT2D eigenvalue weighted by Gasteiger charge is 2.45. The molecule has 2 bridgehead atoms. The van der Waals surface area contributed by atoms with Crippen LogP contribution in [0.1, 0.15) is 58.9 Å². The molecule has 1 aromatic carbocycles. The van der Waals surface area contributed by atoms with E-state index in [1.165, 1.54) is 7.11 Å². The SMILES string of the molecule is CCNC(=NCc1cccc(OC)c1O)NC1CC2CCC(C1)N2C(=O)OC(C)(C)C. The summed E-state index contributed by atoms with van der Waals surface area (Å²) in [7, 11) is 1.53. The van der Waals surface area contributed by atoms with E-state index in [1.54, 1.807) is 6.07 Å². The number of methoxy groups -OCH3 is 1. The number of nitrogens with zero attached hydrogens (tertiary/aromatic N) is 2. The van der Waals surface area contributed by atoms with Gasteiger partial charge in [-0.1, -0.05) is 12.1 Å². The summed E-state index contributed by atoms with van der Waals surface area (Å²) >= 11 is 0. The number of hydrogen-bond donors (Lipinski definition) is 3. The van der Waals surface area contributed by atoms with E-state index in [1.807, 2.05) is 44.7 Å². The lowest BCUT2D eigenvalue weighted by molar-refractivity contribution is 0.00545. The Bertz CT molecular complexity index is 791. The van der Waals surface area contributed by atoms with Crippen LogP contribution in [0.25, 0.3) is 0 Å². The van der Waals surface area contributed by atoms with Gasteiger partial charge in [0.15, 0.2) is 17.5 Å². The number of aliphatic imine (C=N–C) groups is 1. The molecule has 2 aliphatic rings. The van der Waals surface area contributed by atoms with Gasteiger partial charge in [-0.3, -0.25) is 0 Å². The minimum atomic E-state index is -0.484. The van der Waals surface area contributed by atoms with Crippen LogP contribution in [-0.2, 0) is 11.3 Å². The summed E-state index contributed by atoms with van der Waals surface area (Å²) < 4.78 is 10.8. The summed E-state index contributed by atoms with van der Waals surface area (Å²) in [6.45, 7) is 8.80. The second-order valence-electron chi connectivity index (χ2n) is 9.25. The number of nitrogens with one attached hydrogen (secondary N) is 2. The number of fused-ring (bicyclic) bond motifs is 2. The van der Waals surface area contributed by atoms with Gasteiger partial charge in [0.2, 0.25) is 0 Å². The second-order valence-corrected chi connectivity index (χ2v) is 9.25. The first-order chi connectivity index (χ1) is 14.7.